The first-order valence-electron chi connectivity index (χ1n) is 6.00. The summed E-state index contributed by atoms with van der Waals surface area (Å²) in [4.78, 5) is 0. The minimum Gasteiger partial charge on any atom is -0.342 e. The summed E-state index contributed by atoms with van der Waals surface area (Å²) in [5, 5.41) is 0. The molecule has 0 bridgehead atoms. The van der Waals surface area contributed by atoms with E-state index in [1.165, 1.54) is 0 Å². The molecule has 1 aromatic carbocycles. The molecule has 1 aromatic rings. The van der Waals surface area contributed by atoms with Gasteiger partial charge in [0, 0.05) is 8.30 Å². The van der Waals surface area contributed by atoms with Gasteiger partial charge in [-0.1, -0.05) is 30.3 Å². The van der Waals surface area contributed by atoms with Crippen LogP contribution in [0.3, 0.4) is 0 Å². The fourth-order valence-electron chi connectivity index (χ4n) is 2.02. The first-order chi connectivity index (χ1) is 7.64. The Morgan fingerprint density at radius 1 is 1.07 bits per heavy atom. The van der Waals surface area contributed by atoms with Crippen molar-refractivity contribution < 1.29 is 12.2 Å². The predicted molar refractivity (Wildman–Crippen MR) is 52.8 cm³/mol. The SMILES string of the molecule is [2H]C1([2H])CC2OC(c3ccccc3)O[C@H]2C1. The van der Waals surface area contributed by atoms with E-state index >= 15 is 0 Å². The second-order valence-corrected chi connectivity index (χ2v) is 3.75. The van der Waals surface area contributed by atoms with Crippen molar-refractivity contribution in [1.29, 1.82) is 0 Å². The van der Waals surface area contributed by atoms with Crippen LogP contribution in [0, 0.1) is 0 Å². The van der Waals surface area contributed by atoms with E-state index in [-0.39, 0.29) is 18.5 Å². The van der Waals surface area contributed by atoms with E-state index in [1.54, 1.807) is 0 Å². The molecular formula is C12H14O2. The second kappa shape index (κ2) is 3.37. The van der Waals surface area contributed by atoms with E-state index in [4.69, 9.17) is 12.2 Å². The van der Waals surface area contributed by atoms with Gasteiger partial charge in [-0.3, -0.25) is 0 Å². The first-order valence-corrected chi connectivity index (χ1v) is 5.00. The first kappa shape index (κ1) is 6.59. The number of rotatable bonds is 1. The number of fused-ring (bicyclic) bond motifs is 1. The Kier molecular flexibility index (Phi) is 1.59. The van der Waals surface area contributed by atoms with E-state index in [0.29, 0.717) is 12.8 Å². The smallest absolute Gasteiger partial charge is 0.184 e. The molecule has 0 N–H and O–H groups in total. The van der Waals surface area contributed by atoms with Crippen LogP contribution < -0.4 is 0 Å². The molecule has 2 heteroatoms. The van der Waals surface area contributed by atoms with Crippen LogP contribution in [0.4, 0.5) is 0 Å². The van der Waals surface area contributed by atoms with Gasteiger partial charge in [-0.2, -0.15) is 0 Å². The molecule has 1 aliphatic carbocycles. The molecule has 0 aromatic heterocycles. The van der Waals surface area contributed by atoms with E-state index in [0.717, 1.165) is 5.56 Å². The van der Waals surface area contributed by atoms with Gasteiger partial charge in [-0.25, -0.2) is 0 Å². The quantitative estimate of drug-likeness (QED) is 0.681. The van der Waals surface area contributed by atoms with Gasteiger partial charge in [-0.05, 0) is 19.2 Å². The monoisotopic (exact) mass is 192 g/mol. The Morgan fingerprint density at radius 2 is 1.71 bits per heavy atom. The number of benzene rings is 1. The van der Waals surface area contributed by atoms with Gasteiger partial charge in [0.05, 0.1) is 12.2 Å². The molecule has 1 heterocycles. The average molecular weight is 192 g/mol. The van der Waals surface area contributed by atoms with Crippen molar-refractivity contribution in [2.75, 3.05) is 0 Å². The van der Waals surface area contributed by atoms with E-state index < -0.39 is 6.37 Å². The van der Waals surface area contributed by atoms with E-state index in [2.05, 4.69) is 0 Å². The molecule has 1 saturated heterocycles. The molecule has 3 atom stereocenters. The Bertz CT molecular complexity index is 364. The summed E-state index contributed by atoms with van der Waals surface area (Å²) < 4.78 is 26.8. The van der Waals surface area contributed by atoms with Crippen molar-refractivity contribution in [1.82, 2.24) is 0 Å². The van der Waals surface area contributed by atoms with Crippen LogP contribution in [0.2, 0.25) is 0 Å². The Balaban J connectivity index is 1.73. The third-order valence-corrected chi connectivity index (χ3v) is 2.77. The van der Waals surface area contributed by atoms with Gasteiger partial charge in [0.2, 0.25) is 0 Å². The Hall–Kier alpha value is -0.860. The Labute approximate surface area is 86.6 Å². The maximum absolute atomic E-state index is 7.66. The van der Waals surface area contributed by atoms with Crippen LogP contribution >= 0.6 is 0 Å². The minimum atomic E-state index is -1.13. The highest BCUT2D eigenvalue weighted by atomic mass is 16.7. The van der Waals surface area contributed by atoms with E-state index in [9.17, 15) is 0 Å². The number of hydrogen-bond acceptors (Lipinski definition) is 2. The summed E-state index contributed by atoms with van der Waals surface area (Å²) in [5.74, 6) is 0. The molecule has 1 saturated carbocycles. The Morgan fingerprint density at radius 3 is 2.36 bits per heavy atom. The lowest BCUT2D eigenvalue weighted by Crippen LogP contribution is -2.13. The largest absolute Gasteiger partial charge is 0.342 e. The standard InChI is InChI=1S/C12H14O2/c1-2-5-9(6-3-1)12-13-10-7-4-8-11(10)14-12/h1-3,5-6,10-12H,4,7-8H2/t10-,11?,12?/m0/s1/i4D2. The number of ether oxygens (including phenoxy) is 2. The van der Waals surface area contributed by atoms with Crippen molar-refractivity contribution in [3.05, 3.63) is 35.9 Å². The summed E-state index contributed by atoms with van der Waals surface area (Å²) in [6.07, 6.45) is -0.716. The molecular weight excluding hydrogens is 176 g/mol. The minimum absolute atomic E-state index is 0.0831. The molecule has 0 radical (unpaired) electrons. The van der Waals surface area contributed by atoms with Gasteiger partial charge in [0.15, 0.2) is 6.29 Å². The average Bonchev–Trinajstić information content (AvgIpc) is 2.72. The van der Waals surface area contributed by atoms with Crippen LogP contribution in [0.15, 0.2) is 30.3 Å². The molecule has 2 nitrogen and oxygen atoms in total. The lowest BCUT2D eigenvalue weighted by molar-refractivity contribution is -0.0752. The molecule has 2 aliphatic rings. The zero-order valence-corrected chi connectivity index (χ0v) is 7.85. The maximum Gasteiger partial charge on any atom is 0.184 e. The summed E-state index contributed by atoms with van der Waals surface area (Å²) >= 11 is 0. The summed E-state index contributed by atoms with van der Waals surface area (Å²) in [5.41, 5.74) is 1.01. The topological polar surface area (TPSA) is 18.5 Å². The van der Waals surface area contributed by atoms with Gasteiger partial charge < -0.3 is 9.47 Å². The molecule has 74 valence electrons. The van der Waals surface area contributed by atoms with Crippen LogP contribution in [0.5, 0.6) is 0 Å². The molecule has 2 fully saturated rings. The normalized spacial score (nSPS) is 41.6. The van der Waals surface area contributed by atoms with Gasteiger partial charge >= 0.3 is 0 Å². The zero-order valence-electron chi connectivity index (χ0n) is 9.85. The summed E-state index contributed by atoms with van der Waals surface area (Å²) in [7, 11) is 0. The van der Waals surface area contributed by atoms with Crippen molar-refractivity contribution in [3.8, 4) is 0 Å². The van der Waals surface area contributed by atoms with Crippen molar-refractivity contribution in [2.24, 2.45) is 0 Å². The highest BCUT2D eigenvalue weighted by Crippen LogP contribution is 2.39. The highest BCUT2D eigenvalue weighted by molar-refractivity contribution is 5.16. The third-order valence-electron chi connectivity index (χ3n) is 2.77. The lowest BCUT2D eigenvalue weighted by atomic mass is 10.2. The van der Waals surface area contributed by atoms with Crippen molar-refractivity contribution in [3.63, 3.8) is 0 Å². The summed E-state index contributed by atoms with van der Waals surface area (Å²) in [6, 6.07) is 9.81. The molecule has 14 heavy (non-hydrogen) atoms. The fourth-order valence-corrected chi connectivity index (χ4v) is 2.02. The fraction of sp³-hybridized carbons (Fsp3) is 0.500. The highest BCUT2D eigenvalue weighted by Gasteiger charge is 2.39. The van der Waals surface area contributed by atoms with Gasteiger partial charge in [-0.15, -0.1) is 0 Å². The third kappa shape index (κ3) is 1.35. The molecule has 0 spiro atoms. The molecule has 0 amide bonds. The molecule has 2 unspecified atom stereocenters. The second-order valence-electron chi connectivity index (χ2n) is 3.75. The van der Waals surface area contributed by atoms with Crippen LogP contribution in [-0.4, -0.2) is 12.2 Å². The van der Waals surface area contributed by atoms with Crippen LogP contribution in [0.1, 0.15) is 33.8 Å². The predicted octanol–water partition coefficient (Wildman–Crippen LogP) is 2.65. The molecule has 3 rings (SSSR count). The zero-order chi connectivity index (χ0) is 11.2. The van der Waals surface area contributed by atoms with Crippen molar-refractivity contribution >= 4 is 0 Å². The molecule has 1 aliphatic heterocycles. The van der Waals surface area contributed by atoms with Gasteiger partial charge in [0.1, 0.15) is 0 Å². The number of hydrogen-bond donors (Lipinski definition) is 0. The van der Waals surface area contributed by atoms with Crippen molar-refractivity contribution in [2.45, 2.75) is 37.7 Å². The lowest BCUT2D eigenvalue weighted by Gasteiger charge is -2.11. The summed E-state index contributed by atoms with van der Waals surface area (Å²) in [6.45, 7) is 0. The van der Waals surface area contributed by atoms with Crippen LogP contribution in [-0.2, 0) is 9.47 Å². The van der Waals surface area contributed by atoms with Crippen LogP contribution in [0.25, 0.3) is 0 Å². The van der Waals surface area contributed by atoms with Gasteiger partial charge in [0.25, 0.3) is 0 Å². The van der Waals surface area contributed by atoms with E-state index in [1.807, 2.05) is 30.3 Å². The maximum atomic E-state index is 7.66.